The number of hydrogen-bond acceptors (Lipinski definition) is 6. The van der Waals surface area contributed by atoms with Crippen LogP contribution in [0.15, 0.2) is 47.2 Å². The predicted octanol–water partition coefficient (Wildman–Crippen LogP) is 5.39. The van der Waals surface area contributed by atoms with Crippen molar-refractivity contribution in [1.29, 1.82) is 0 Å². The van der Waals surface area contributed by atoms with E-state index in [9.17, 15) is 14.4 Å². The van der Waals surface area contributed by atoms with Gasteiger partial charge in [0.15, 0.2) is 0 Å². The number of allylic oxidation sites excluding steroid dienone is 3. The van der Waals surface area contributed by atoms with Crippen LogP contribution in [0.3, 0.4) is 0 Å². The highest BCUT2D eigenvalue weighted by Crippen LogP contribution is 2.33. The maximum absolute atomic E-state index is 12.9. The Morgan fingerprint density at radius 1 is 1.07 bits per heavy atom. The van der Waals surface area contributed by atoms with E-state index in [-0.39, 0.29) is 17.7 Å². The van der Waals surface area contributed by atoms with Gasteiger partial charge in [-0.25, -0.2) is 0 Å². The normalized spacial score (nSPS) is 21.0. The molecular formula is C33H48N4O4. The fourth-order valence-electron chi connectivity index (χ4n) is 5.63. The summed E-state index contributed by atoms with van der Waals surface area (Å²) in [7, 11) is 0. The summed E-state index contributed by atoms with van der Waals surface area (Å²) in [6.07, 6.45) is 14.0. The standard InChI is InChI=1S/C23H31N3O3.C8H11NO.C2H6/c1-2-3-11-25-12-9-16(10-13-25)17-7-8-19-18(14-17)15-26(23(19)29)20-5-4-6-21(27)24-22(20)28;1-2-10-8-5-3-4-6-9-7-8;1-2/h7-8,14,16,20H,2-6,9-13,15H2,1H3,(H,24,27,28);3-5,7H,2,6H2,1H3;1-2H3/t20-;;/m0../s1. The summed E-state index contributed by atoms with van der Waals surface area (Å²) in [5.74, 6) is 0.718. The number of likely N-dealkylation sites (tertiary alicyclic amines) is 1. The molecule has 8 heteroatoms. The van der Waals surface area contributed by atoms with E-state index in [2.05, 4.69) is 34.3 Å². The molecule has 0 aromatic heterocycles. The van der Waals surface area contributed by atoms with Crippen LogP contribution in [-0.2, 0) is 20.9 Å². The van der Waals surface area contributed by atoms with Gasteiger partial charge in [0, 0.05) is 18.5 Å². The zero-order valence-electron chi connectivity index (χ0n) is 25.4. The van der Waals surface area contributed by atoms with Crippen molar-refractivity contribution in [2.75, 3.05) is 32.8 Å². The van der Waals surface area contributed by atoms with Gasteiger partial charge in [-0.15, -0.1) is 0 Å². The van der Waals surface area contributed by atoms with Gasteiger partial charge in [-0.3, -0.25) is 24.7 Å². The van der Waals surface area contributed by atoms with Gasteiger partial charge < -0.3 is 14.5 Å². The van der Waals surface area contributed by atoms with Gasteiger partial charge >= 0.3 is 0 Å². The molecule has 1 aromatic rings. The third-order valence-electron chi connectivity index (χ3n) is 7.81. The van der Waals surface area contributed by atoms with Crippen LogP contribution < -0.4 is 5.32 Å². The molecule has 0 bridgehead atoms. The number of unbranched alkanes of at least 4 members (excludes halogenated alkanes) is 1. The van der Waals surface area contributed by atoms with E-state index in [1.165, 1.54) is 24.9 Å². The Morgan fingerprint density at radius 3 is 2.59 bits per heavy atom. The lowest BCUT2D eigenvalue weighted by atomic mass is 9.88. The molecule has 0 saturated carbocycles. The first-order chi connectivity index (χ1) is 20.0. The summed E-state index contributed by atoms with van der Waals surface area (Å²) in [5.41, 5.74) is 3.04. The number of nitrogens with one attached hydrogen (secondary N) is 1. The Kier molecular flexibility index (Phi) is 13.3. The number of carbonyl (C=O) groups is 3. The topological polar surface area (TPSA) is 91.3 Å². The second kappa shape index (κ2) is 16.9. The Balaban J connectivity index is 0.000000324. The summed E-state index contributed by atoms with van der Waals surface area (Å²) in [6.45, 7) is 13.6. The number of rotatable bonds is 7. The minimum absolute atomic E-state index is 0.0876. The van der Waals surface area contributed by atoms with Crippen molar-refractivity contribution in [3.8, 4) is 0 Å². The molecule has 1 atom stereocenters. The molecule has 1 N–H and O–H groups in total. The van der Waals surface area contributed by atoms with Gasteiger partial charge in [0.2, 0.25) is 11.8 Å². The minimum Gasteiger partial charge on any atom is -0.492 e. The quantitative estimate of drug-likeness (QED) is 0.449. The maximum atomic E-state index is 12.9. The number of piperidine rings is 1. The first-order valence-corrected chi connectivity index (χ1v) is 15.5. The second-order valence-corrected chi connectivity index (χ2v) is 10.6. The van der Waals surface area contributed by atoms with Crippen molar-refractivity contribution in [3.63, 3.8) is 0 Å². The van der Waals surface area contributed by atoms with Crippen molar-refractivity contribution in [1.82, 2.24) is 15.1 Å². The molecule has 5 rings (SSSR count). The molecule has 0 radical (unpaired) electrons. The number of ether oxygens (including phenoxy) is 1. The third kappa shape index (κ3) is 9.12. The smallest absolute Gasteiger partial charge is 0.255 e. The average molecular weight is 565 g/mol. The molecule has 0 unspecified atom stereocenters. The van der Waals surface area contributed by atoms with E-state index < -0.39 is 6.04 Å². The molecular weight excluding hydrogens is 516 g/mol. The van der Waals surface area contributed by atoms with Crippen LogP contribution in [0.25, 0.3) is 0 Å². The highest BCUT2D eigenvalue weighted by Gasteiger charge is 2.38. The van der Waals surface area contributed by atoms with E-state index in [0.717, 1.165) is 43.8 Å². The van der Waals surface area contributed by atoms with Crippen LogP contribution in [0.4, 0.5) is 0 Å². The van der Waals surface area contributed by atoms with Crippen molar-refractivity contribution in [2.24, 2.45) is 4.99 Å². The second-order valence-electron chi connectivity index (χ2n) is 10.6. The van der Waals surface area contributed by atoms with Crippen LogP contribution in [0.1, 0.15) is 100 Å². The Hall–Kier alpha value is -3.26. The lowest BCUT2D eigenvalue weighted by molar-refractivity contribution is -0.132. The first-order valence-electron chi connectivity index (χ1n) is 15.5. The largest absolute Gasteiger partial charge is 0.492 e. The number of fused-ring (bicyclic) bond motifs is 1. The maximum Gasteiger partial charge on any atom is 0.255 e. The Morgan fingerprint density at radius 2 is 1.85 bits per heavy atom. The van der Waals surface area contributed by atoms with E-state index in [0.29, 0.717) is 43.9 Å². The van der Waals surface area contributed by atoms with Gasteiger partial charge in [0.25, 0.3) is 5.91 Å². The monoisotopic (exact) mass is 564 g/mol. The number of hydrogen-bond donors (Lipinski definition) is 1. The fraction of sp³-hybridized carbons (Fsp3) is 0.576. The summed E-state index contributed by atoms with van der Waals surface area (Å²) < 4.78 is 5.22. The molecule has 4 aliphatic rings. The lowest BCUT2D eigenvalue weighted by Gasteiger charge is -2.32. The number of carbonyl (C=O) groups excluding carboxylic acids is 3. The Labute approximate surface area is 245 Å². The van der Waals surface area contributed by atoms with Gasteiger partial charge in [-0.1, -0.05) is 51.5 Å². The zero-order chi connectivity index (χ0) is 29.6. The first kappa shape index (κ1) is 32.3. The van der Waals surface area contributed by atoms with Crippen LogP contribution >= 0.6 is 0 Å². The van der Waals surface area contributed by atoms with Crippen LogP contribution in [0.5, 0.6) is 0 Å². The van der Waals surface area contributed by atoms with Crippen LogP contribution in [-0.4, -0.2) is 72.6 Å². The number of amides is 3. The predicted molar refractivity (Wildman–Crippen MR) is 164 cm³/mol. The van der Waals surface area contributed by atoms with Crippen molar-refractivity contribution in [3.05, 3.63) is 58.9 Å². The fourth-order valence-corrected chi connectivity index (χ4v) is 5.63. The third-order valence-corrected chi connectivity index (χ3v) is 7.81. The van der Waals surface area contributed by atoms with Crippen molar-refractivity contribution < 1.29 is 19.1 Å². The molecule has 41 heavy (non-hydrogen) atoms. The summed E-state index contributed by atoms with van der Waals surface area (Å²) in [6, 6.07) is 5.67. The average Bonchev–Trinajstić information content (AvgIpc) is 3.14. The van der Waals surface area contributed by atoms with Gasteiger partial charge in [-0.2, -0.15) is 0 Å². The highest BCUT2D eigenvalue weighted by molar-refractivity contribution is 6.04. The van der Waals surface area contributed by atoms with Crippen molar-refractivity contribution in [2.45, 2.75) is 91.1 Å². The molecule has 224 valence electrons. The molecule has 3 amide bonds. The van der Waals surface area contributed by atoms with Crippen LogP contribution in [0, 0.1) is 0 Å². The van der Waals surface area contributed by atoms with Crippen LogP contribution in [0.2, 0.25) is 0 Å². The molecule has 0 spiro atoms. The van der Waals surface area contributed by atoms with Gasteiger partial charge in [-0.05, 0) is 87.8 Å². The van der Waals surface area contributed by atoms with E-state index in [1.54, 1.807) is 11.1 Å². The molecule has 8 nitrogen and oxygen atoms in total. The SMILES string of the molecule is CC.CCCCN1CCC(c2ccc3c(c2)CN([C@H]2CCCC(=O)NC2=O)C3=O)CC1.CCOC1=CC=CCN=C1. The van der Waals surface area contributed by atoms with E-state index in [4.69, 9.17) is 4.74 Å². The van der Waals surface area contributed by atoms with E-state index >= 15 is 0 Å². The minimum atomic E-state index is -0.549. The molecule has 2 saturated heterocycles. The van der Waals surface area contributed by atoms with E-state index in [1.807, 2.05) is 45.1 Å². The number of benzene rings is 1. The van der Waals surface area contributed by atoms with Gasteiger partial charge in [0.05, 0.1) is 19.4 Å². The summed E-state index contributed by atoms with van der Waals surface area (Å²) in [4.78, 5) is 45.2. The number of aliphatic imine (C=N–C) groups is 1. The highest BCUT2D eigenvalue weighted by atomic mass is 16.5. The molecule has 4 heterocycles. The summed E-state index contributed by atoms with van der Waals surface area (Å²) >= 11 is 0. The van der Waals surface area contributed by atoms with Crippen molar-refractivity contribution >= 4 is 23.9 Å². The molecule has 0 aliphatic carbocycles. The van der Waals surface area contributed by atoms with Gasteiger partial charge in [0.1, 0.15) is 11.8 Å². The zero-order valence-corrected chi connectivity index (χ0v) is 25.4. The number of nitrogens with zero attached hydrogens (tertiary/aromatic N) is 3. The Bertz CT molecular complexity index is 1120. The molecule has 2 fully saturated rings. The lowest BCUT2D eigenvalue weighted by Crippen LogP contribution is -2.46. The molecule has 4 aliphatic heterocycles. The summed E-state index contributed by atoms with van der Waals surface area (Å²) in [5, 5.41) is 2.42. The molecule has 1 aromatic carbocycles. The number of imide groups is 1.